The Bertz CT molecular complexity index is 1170. The zero-order chi connectivity index (χ0) is 17.6. The molecule has 0 aliphatic rings. The zero-order valence-electron chi connectivity index (χ0n) is 14.3. The molecular formula is C21H18N4. The number of hydrogen-bond donors (Lipinski definition) is 2. The maximum atomic E-state index is 9.07. The van der Waals surface area contributed by atoms with Crippen molar-refractivity contribution in [1.29, 1.82) is 5.26 Å². The highest BCUT2D eigenvalue weighted by Crippen LogP contribution is 2.33. The van der Waals surface area contributed by atoms with Crippen LogP contribution in [0.2, 0.25) is 0 Å². The third kappa shape index (κ3) is 2.33. The first-order chi connectivity index (χ1) is 12.1. The Hall–Kier alpha value is -3.32. The van der Waals surface area contributed by atoms with E-state index in [0.717, 1.165) is 39.9 Å². The Morgan fingerprint density at radius 1 is 1.28 bits per heavy atom. The number of hydrogen-bond acceptors (Lipinski definition) is 2. The number of nitriles is 1. The number of rotatable bonds is 3. The highest BCUT2D eigenvalue weighted by atomic mass is 14.9. The Kier molecular flexibility index (Phi) is 3.43. The van der Waals surface area contributed by atoms with Gasteiger partial charge in [-0.3, -0.25) is 0 Å². The summed E-state index contributed by atoms with van der Waals surface area (Å²) in [6.45, 7) is 8.60. The van der Waals surface area contributed by atoms with Gasteiger partial charge in [0, 0.05) is 22.7 Å². The molecule has 2 aromatic carbocycles. The molecule has 2 heterocycles. The smallest absolute Gasteiger partial charge is 0.138 e. The fourth-order valence-electron chi connectivity index (χ4n) is 3.46. The van der Waals surface area contributed by atoms with Crippen molar-refractivity contribution < 1.29 is 0 Å². The summed E-state index contributed by atoms with van der Waals surface area (Å²) >= 11 is 0. The van der Waals surface area contributed by atoms with Crippen LogP contribution in [0, 0.1) is 18.3 Å². The molecule has 0 saturated heterocycles. The molecule has 4 nitrogen and oxygen atoms in total. The number of imidazole rings is 1. The van der Waals surface area contributed by atoms with Crippen LogP contribution in [0.15, 0.2) is 43.1 Å². The Morgan fingerprint density at radius 3 is 2.88 bits per heavy atom. The van der Waals surface area contributed by atoms with E-state index in [1.807, 2.05) is 18.3 Å². The van der Waals surface area contributed by atoms with Gasteiger partial charge in [-0.05, 0) is 54.3 Å². The zero-order valence-corrected chi connectivity index (χ0v) is 14.3. The van der Waals surface area contributed by atoms with Gasteiger partial charge in [-0.15, -0.1) is 0 Å². The van der Waals surface area contributed by atoms with Crippen molar-refractivity contribution in [1.82, 2.24) is 15.0 Å². The van der Waals surface area contributed by atoms with Crippen LogP contribution in [0.3, 0.4) is 0 Å². The second kappa shape index (κ2) is 5.64. The van der Waals surface area contributed by atoms with Gasteiger partial charge in [-0.2, -0.15) is 5.26 Å². The predicted octanol–water partition coefficient (Wildman–Crippen LogP) is 4.85. The number of aromatic amines is 2. The van der Waals surface area contributed by atoms with Gasteiger partial charge < -0.3 is 9.97 Å². The summed E-state index contributed by atoms with van der Waals surface area (Å²) in [5.41, 5.74) is 7.93. The highest BCUT2D eigenvalue weighted by molar-refractivity contribution is 5.98. The lowest BCUT2D eigenvalue weighted by molar-refractivity contribution is 1.12. The van der Waals surface area contributed by atoms with Gasteiger partial charge in [0.1, 0.15) is 5.82 Å². The highest BCUT2D eigenvalue weighted by Gasteiger charge is 2.16. The van der Waals surface area contributed by atoms with E-state index in [2.05, 4.69) is 53.6 Å². The van der Waals surface area contributed by atoms with Gasteiger partial charge in [-0.25, -0.2) is 4.98 Å². The number of nitrogens with one attached hydrogen (secondary N) is 2. The van der Waals surface area contributed by atoms with Gasteiger partial charge >= 0.3 is 0 Å². The van der Waals surface area contributed by atoms with Crippen LogP contribution in [0.1, 0.15) is 35.0 Å². The molecule has 0 aliphatic carbocycles. The van der Waals surface area contributed by atoms with Gasteiger partial charge in [0.05, 0.1) is 22.7 Å². The Balaban J connectivity index is 1.92. The van der Waals surface area contributed by atoms with E-state index in [1.54, 1.807) is 6.07 Å². The lowest BCUT2D eigenvalue weighted by Crippen LogP contribution is -1.97. The van der Waals surface area contributed by atoms with Crippen LogP contribution in [-0.4, -0.2) is 15.0 Å². The minimum absolute atomic E-state index is 0.617. The van der Waals surface area contributed by atoms with Crippen molar-refractivity contribution in [2.45, 2.75) is 20.3 Å². The van der Waals surface area contributed by atoms with E-state index in [4.69, 9.17) is 5.26 Å². The lowest BCUT2D eigenvalue weighted by Gasteiger charge is -2.13. The van der Waals surface area contributed by atoms with E-state index in [9.17, 15) is 0 Å². The average molecular weight is 326 g/mol. The monoisotopic (exact) mass is 326 g/mol. The van der Waals surface area contributed by atoms with Gasteiger partial charge in [0.25, 0.3) is 0 Å². The summed E-state index contributed by atoms with van der Waals surface area (Å²) in [5, 5.41) is 10.2. The number of fused-ring (bicyclic) bond motifs is 2. The molecule has 25 heavy (non-hydrogen) atoms. The molecule has 0 spiro atoms. The van der Waals surface area contributed by atoms with E-state index in [0.29, 0.717) is 5.56 Å². The van der Waals surface area contributed by atoms with Crippen molar-refractivity contribution in [3.63, 3.8) is 0 Å². The van der Waals surface area contributed by atoms with E-state index in [1.165, 1.54) is 16.5 Å². The molecule has 2 N–H and O–H groups in total. The van der Waals surface area contributed by atoms with Crippen LogP contribution in [0.25, 0.3) is 27.5 Å². The fourth-order valence-corrected chi connectivity index (χ4v) is 3.46. The number of H-pyrrole nitrogens is 2. The normalized spacial score (nSPS) is 11.1. The molecule has 4 rings (SSSR count). The fraction of sp³-hybridized carbons (Fsp3) is 0.143. The largest absolute Gasteiger partial charge is 0.361 e. The number of aryl methyl sites for hydroxylation is 2. The molecular weight excluding hydrogens is 308 g/mol. The third-order valence-corrected chi connectivity index (χ3v) is 4.70. The topological polar surface area (TPSA) is 68.3 Å². The van der Waals surface area contributed by atoms with Crippen LogP contribution < -0.4 is 0 Å². The molecule has 122 valence electrons. The second-order valence-electron chi connectivity index (χ2n) is 6.26. The first kappa shape index (κ1) is 15.2. The molecule has 0 atom stereocenters. The van der Waals surface area contributed by atoms with Crippen molar-refractivity contribution in [2.75, 3.05) is 0 Å². The Labute approximate surface area is 145 Å². The summed E-state index contributed by atoms with van der Waals surface area (Å²) in [7, 11) is 0. The molecule has 2 aromatic heterocycles. The standard InChI is InChI=1S/C21H18N4/c1-4-15-9-12(2)20-16(7-8-23-20)19(15)13(3)21-24-17-6-5-14(11-22)10-18(17)25-21/h5-10,23H,3-4H2,1-2H3,(H,24,25). The Morgan fingerprint density at radius 2 is 2.12 bits per heavy atom. The van der Waals surface area contributed by atoms with Crippen molar-refractivity contribution in [3.8, 4) is 6.07 Å². The van der Waals surface area contributed by atoms with Crippen LogP contribution in [0.5, 0.6) is 0 Å². The molecule has 4 heteroatoms. The minimum atomic E-state index is 0.617. The van der Waals surface area contributed by atoms with E-state index in [-0.39, 0.29) is 0 Å². The van der Waals surface area contributed by atoms with Crippen molar-refractivity contribution in [2.24, 2.45) is 0 Å². The molecule has 0 saturated carbocycles. The minimum Gasteiger partial charge on any atom is -0.361 e. The van der Waals surface area contributed by atoms with Gasteiger partial charge in [0.15, 0.2) is 0 Å². The molecule has 0 aliphatic heterocycles. The quantitative estimate of drug-likeness (QED) is 0.565. The average Bonchev–Trinajstić information content (AvgIpc) is 3.27. The maximum Gasteiger partial charge on any atom is 0.138 e. The summed E-state index contributed by atoms with van der Waals surface area (Å²) < 4.78 is 0. The summed E-state index contributed by atoms with van der Waals surface area (Å²) in [6.07, 6.45) is 2.89. The second-order valence-corrected chi connectivity index (χ2v) is 6.26. The predicted molar refractivity (Wildman–Crippen MR) is 101 cm³/mol. The molecule has 0 amide bonds. The number of benzene rings is 2. The SMILES string of the molecule is C=C(c1nc2ccc(C#N)cc2[nH]1)c1c(CC)cc(C)c2[nH]ccc12. The van der Waals surface area contributed by atoms with Crippen LogP contribution >= 0.6 is 0 Å². The first-order valence-corrected chi connectivity index (χ1v) is 8.31. The molecule has 0 bridgehead atoms. The molecule has 0 fully saturated rings. The number of aromatic nitrogens is 3. The van der Waals surface area contributed by atoms with Crippen LogP contribution in [-0.2, 0) is 6.42 Å². The van der Waals surface area contributed by atoms with Crippen molar-refractivity contribution in [3.05, 3.63) is 71.2 Å². The summed E-state index contributed by atoms with van der Waals surface area (Å²) in [4.78, 5) is 11.3. The van der Waals surface area contributed by atoms with Gasteiger partial charge in [-0.1, -0.05) is 19.6 Å². The molecule has 0 unspecified atom stereocenters. The van der Waals surface area contributed by atoms with Gasteiger partial charge in [0.2, 0.25) is 0 Å². The van der Waals surface area contributed by atoms with Crippen LogP contribution in [0.4, 0.5) is 0 Å². The summed E-state index contributed by atoms with van der Waals surface area (Å²) in [6, 6.07) is 11.9. The maximum absolute atomic E-state index is 9.07. The third-order valence-electron chi connectivity index (χ3n) is 4.70. The molecule has 4 aromatic rings. The van der Waals surface area contributed by atoms with E-state index >= 15 is 0 Å². The number of nitrogens with zero attached hydrogens (tertiary/aromatic N) is 2. The van der Waals surface area contributed by atoms with Crippen molar-refractivity contribution >= 4 is 27.5 Å². The van der Waals surface area contributed by atoms with E-state index < -0.39 is 0 Å². The molecule has 0 radical (unpaired) electrons. The first-order valence-electron chi connectivity index (χ1n) is 8.31. The summed E-state index contributed by atoms with van der Waals surface area (Å²) in [5.74, 6) is 0.742. The lowest BCUT2D eigenvalue weighted by atomic mass is 9.93.